The predicted molar refractivity (Wildman–Crippen MR) is 90.5 cm³/mol. The lowest BCUT2D eigenvalue weighted by molar-refractivity contribution is -0.387. The summed E-state index contributed by atoms with van der Waals surface area (Å²) in [7, 11) is 1.34. The molecule has 9 heteroatoms. The van der Waals surface area contributed by atoms with E-state index in [4.69, 9.17) is 4.74 Å². The van der Waals surface area contributed by atoms with Gasteiger partial charge in [0.15, 0.2) is 0 Å². The van der Waals surface area contributed by atoms with Crippen LogP contribution in [0.4, 0.5) is 27.5 Å². The van der Waals surface area contributed by atoms with Crippen LogP contribution < -0.4 is 15.0 Å². The molecular weight excluding hydrogens is 329 g/mol. The number of benzene rings is 1. The van der Waals surface area contributed by atoms with Gasteiger partial charge in [-0.05, 0) is 12.1 Å². The summed E-state index contributed by atoms with van der Waals surface area (Å²) in [5.74, 6) is -0.0152. The number of nitrogens with zero attached hydrogens (tertiary/aromatic N) is 4. The number of hydrogen-bond acceptors (Lipinski definition) is 7. The van der Waals surface area contributed by atoms with Gasteiger partial charge in [-0.15, -0.1) is 0 Å². The average molecular weight is 343 g/mol. The first kappa shape index (κ1) is 16.4. The standard InChI is InChI=1S/C16H14FN5O3/c1-25-14-9-11(17)13(22(23)24)10-12(14)19-16-18-6-5-15(20-16)21-7-3-2-4-8-21/h2-7,9-10H,8H2,1H3,(H,18,19,20). The molecule has 3 rings (SSSR count). The zero-order valence-corrected chi connectivity index (χ0v) is 13.2. The molecule has 0 spiro atoms. The van der Waals surface area contributed by atoms with Crippen molar-refractivity contribution in [2.45, 2.75) is 0 Å². The maximum atomic E-state index is 13.7. The summed E-state index contributed by atoms with van der Waals surface area (Å²) in [6.45, 7) is 0.665. The van der Waals surface area contributed by atoms with Gasteiger partial charge in [0.25, 0.3) is 0 Å². The fraction of sp³-hybridized carbons (Fsp3) is 0.125. The van der Waals surface area contributed by atoms with E-state index in [1.54, 1.807) is 12.3 Å². The van der Waals surface area contributed by atoms with Crippen LogP contribution in [0.2, 0.25) is 0 Å². The lowest BCUT2D eigenvalue weighted by atomic mass is 10.2. The molecule has 1 aromatic carbocycles. The van der Waals surface area contributed by atoms with Crippen LogP contribution in [0.25, 0.3) is 0 Å². The molecule has 0 radical (unpaired) electrons. The van der Waals surface area contributed by atoms with Crippen molar-refractivity contribution in [3.8, 4) is 5.75 Å². The van der Waals surface area contributed by atoms with Gasteiger partial charge >= 0.3 is 5.69 Å². The van der Waals surface area contributed by atoms with Gasteiger partial charge in [0.1, 0.15) is 11.6 Å². The van der Waals surface area contributed by atoms with E-state index < -0.39 is 16.4 Å². The number of ether oxygens (including phenoxy) is 1. The van der Waals surface area contributed by atoms with Crippen LogP contribution in [-0.2, 0) is 0 Å². The molecule has 0 unspecified atom stereocenters. The molecule has 0 saturated heterocycles. The highest BCUT2D eigenvalue weighted by molar-refractivity contribution is 5.67. The second-order valence-electron chi connectivity index (χ2n) is 5.05. The Morgan fingerprint density at radius 2 is 2.24 bits per heavy atom. The molecule has 1 aliphatic heterocycles. The molecule has 128 valence electrons. The first-order chi connectivity index (χ1) is 12.1. The number of nitro groups is 1. The van der Waals surface area contributed by atoms with Gasteiger partial charge in [-0.3, -0.25) is 10.1 Å². The second-order valence-corrected chi connectivity index (χ2v) is 5.05. The number of aromatic nitrogens is 2. The Morgan fingerprint density at radius 1 is 1.40 bits per heavy atom. The third-order valence-electron chi connectivity index (χ3n) is 3.46. The molecule has 1 N–H and O–H groups in total. The van der Waals surface area contributed by atoms with E-state index in [2.05, 4.69) is 15.3 Å². The summed E-state index contributed by atoms with van der Waals surface area (Å²) in [6.07, 6.45) is 9.21. The largest absolute Gasteiger partial charge is 0.494 e. The number of rotatable bonds is 5. The summed E-state index contributed by atoms with van der Waals surface area (Å²) in [5.41, 5.74) is -0.467. The topological polar surface area (TPSA) is 93.4 Å². The number of nitro benzene ring substituents is 1. The monoisotopic (exact) mass is 343 g/mol. The van der Waals surface area contributed by atoms with E-state index in [0.717, 1.165) is 12.1 Å². The molecule has 0 aliphatic carbocycles. The quantitative estimate of drug-likeness (QED) is 0.658. The van der Waals surface area contributed by atoms with Gasteiger partial charge < -0.3 is 15.0 Å². The number of anilines is 3. The molecular formula is C16H14FN5O3. The highest BCUT2D eigenvalue weighted by Gasteiger charge is 2.19. The summed E-state index contributed by atoms with van der Waals surface area (Å²) < 4.78 is 18.8. The molecule has 0 amide bonds. The third kappa shape index (κ3) is 3.55. The summed E-state index contributed by atoms with van der Waals surface area (Å²) in [6, 6.07) is 3.73. The van der Waals surface area contributed by atoms with E-state index in [0.29, 0.717) is 12.4 Å². The van der Waals surface area contributed by atoms with Crippen LogP contribution in [0.3, 0.4) is 0 Å². The van der Waals surface area contributed by atoms with E-state index in [1.807, 2.05) is 29.3 Å². The van der Waals surface area contributed by atoms with Gasteiger partial charge in [0.05, 0.1) is 17.7 Å². The van der Waals surface area contributed by atoms with Gasteiger partial charge in [0.2, 0.25) is 11.8 Å². The molecule has 0 fully saturated rings. The van der Waals surface area contributed by atoms with Crippen molar-refractivity contribution in [2.24, 2.45) is 0 Å². The Bertz CT molecular complexity index is 869. The number of hydrogen-bond donors (Lipinski definition) is 1. The zero-order chi connectivity index (χ0) is 17.8. The Hall–Kier alpha value is -3.49. The minimum Gasteiger partial charge on any atom is -0.494 e. The van der Waals surface area contributed by atoms with Crippen LogP contribution in [0.1, 0.15) is 0 Å². The summed E-state index contributed by atoms with van der Waals surface area (Å²) in [4.78, 5) is 20.5. The van der Waals surface area contributed by atoms with Crippen molar-refractivity contribution in [3.05, 3.63) is 64.8 Å². The van der Waals surface area contributed by atoms with Crippen LogP contribution in [0.5, 0.6) is 5.75 Å². The average Bonchev–Trinajstić information content (AvgIpc) is 2.63. The van der Waals surface area contributed by atoms with E-state index >= 15 is 0 Å². The van der Waals surface area contributed by atoms with Gasteiger partial charge in [-0.2, -0.15) is 9.37 Å². The summed E-state index contributed by atoms with van der Waals surface area (Å²) >= 11 is 0. The number of allylic oxidation sites excluding steroid dienone is 2. The normalized spacial score (nSPS) is 13.0. The predicted octanol–water partition coefficient (Wildman–Crippen LogP) is 3.17. The lowest BCUT2D eigenvalue weighted by Crippen LogP contribution is -2.19. The first-order valence-electron chi connectivity index (χ1n) is 7.30. The Kier molecular flexibility index (Phi) is 4.55. The van der Waals surface area contributed by atoms with Crippen LogP contribution in [-0.4, -0.2) is 28.5 Å². The molecule has 25 heavy (non-hydrogen) atoms. The minimum atomic E-state index is -0.979. The minimum absolute atomic E-state index is 0.109. The van der Waals surface area contributed by atoms with E-state index in [9.17, 15) is 14.5 Å². The number of nitrogens with one attached hydrogen (secondary N) is 1. The van der Waals surface area contributed by atoms with Crippen molar-refractivity contribution in [2.75, 3.05) is 23.9 Å². The van der Waals surface area contributed by atoms with E-state index in [1.165, 1.54) is 7.11 Å². The Morgan fingerprint density at radius 3 is 2.92 bits per heavy atom. The van der Waals surface area contributed by atoms with Crippen LogP contribution in [0.15, 0.2) is 48.8 Å². The highest BCUT2D eigenvalue weighted by atomic mass is 19.1. The SMILES string of the molecule is COc1cc(F)c([N+](=O)[O-])cc1Nc1nccc(N2C=CC=CC2)n1. The van der Waals surface area contributed by atoms with Gasteiger partial charge in [-0.1, -0.05) is 12.2 Å². The molecule has 8 nitrogen and oxygen atoms in total. The molecule has 2 aromatic rings. The molecule has 0 saturated carbocycles. The van der Waals surface area contributed by atoms with Gasteiger partial charge in [0, 0.05) is 31.1 Å². The van der Waals surface area contributed by atoms with Gasteiger partial charge in [-0.25, -0.2) is 4.98 Å². The van der Waals surface area contributed by atoms with Crippen LogP contribution >= 0.6 is 0 Å². The Labute approximate surface area is 142 Å². The second kappa shape index (κ2) is 6.95. The van der Waals surface area contributed by atoms with Crippen molar-refractivity contribution >= 4 is 23.1 Å². The fourth-order valence-corrected chi connectivity index (χ4v) is 2.28. The van der Waals surface area contributed by atoms with E-state index in [-0.39, 0.29) is 17.4 Å². The number of halogens is 1. The molecule has 1 aliphatic rings. The van der Waals surface area contributed by atoms with Crippen molar-refractivity contribution in [1.82, 2.24) is 9.97 Å². The van der Waals surface area contributed by atoms with Crippen molar-refractivity contribution < 1.29 is 14.1 Å². The molecule has 1 aromatic heterocycles. The zero-order valence-electron chi connectivity index (χ0n) is 13.2. The highest BCUT2D eigenvalue weighted by Crippen LogP contribution is 2.33. The summed E-state index contributed by atoms with van der Waals surface area (Å²) in [5, 5.41) is 13.8. The third-order valence-corrected chi connectivity index (χ3v) is 3.46. The smallest absolute Gasteiger partial charge is 0.307 e. The molecule has 0 bridgehead atoms. The van der Waals surface area contributed by atoms with Crippen molar-refractivity contribution in [1.29, 1.82) is 0 Å². The number of methoxy groups -OCH3 is 1. The lowest BCUT2D eigenvalue weighted by Gasteiger charge is -2.19. The molecule has 0 atom stereocenters. The van der Waals surface area contributed by atoms with Crippen LogP contribution in [0, 0.1) is 15.9 Å². The van der Waals surface area contributed by atoms with Crippen molar-refractivity contribution in [3.63, 3.8) is 0 Å². The fourth-order valence-electron chi connectivity index (χ4n) is 2.28. The maximum Gasteiger partial charge on any atom is 0.307 e. The maximum absolute atomic E-state index is 13.7. The molecule has 2 heterocycles. The first-order valence-corrected chi connectivity index (χ1v) is 7.30. The Balaban J connectivity index is 1.92.